The van der Waals surface area contributed by atoms with E-state index in [0.717, 1.165) is 0 Å². The van der Waals surface area contributed by atoms with Gasteiger partial charge >= 0.3 is 0 Å². The summed E-state index contributed by atoms with van der Waals surface area (Å²) >= 11 is 0. The Morgan fingerprint density at radius 1 is 1.75 bits per heavy atom. The van der Waals surface area contributed by atoms with Crippen molar-refractivity contribution in [3.8, 4) is 0 Å². The third-order valence-electron chi connectivity index (χ3n) is 2.62. The van der Waals surface area contributed by atoms with Crippen LogP contribution in [0.1, 0.15) is 17.5 Å². The molecule has 6 nitrogen and oxygen atoms in total. The first-order valence-corrected chi connectivity index (χ1v) is 5.16. The van der Waals surface area contributed by atoms with Crippen LogP contribution >= 0.6 is 0 Å². The molecule has 1 aliphatic rings. The topological polar surface area (TPSA) is 75.8 Å². The van der Waals surface area contributed by atoms with E-state index in [4.69, 9.17) is 14.4 Å². The number of morpholine rings is 1. The molecule has 6 heteroatoms. The number of amides is 1. The van der Waals surface area contributed by atoms with Crippen molar-refractivity contribution in [1.82, 2.24) is 10.1 Å². The van der Waals surface area contributed by atoms with Gasteiger partial charge in [0.25, 0.3) is 5.91 Å². The molecule has 16 heavy (non-hydrogen) atoms. The highest BCUT2D eigenvalue weighted by Gasteiger charge is 2.31. The summed E-state index contributed by atoms with van der Waals surface area (Å²) < 4.78 is 10.2. The minimum Gasteiger partial charge on any atom is -0.394 e. The van der Waals surface area contributed by atoms with Gasteiger partial charge in [-0.1, -0.05) is 5.16 Å². The Balaban J connectivity index is 2.09. The molecule has 1 aromatic rings. The molecule has 1 saturated heterocycles. The second kappa shape index (κ2) is 4.63. The van der Waals surface area contributed by atoms with E-state index in [-0.39, 0.29) is 30.4 Å². The van der Waals surface area contributed by atoms with Gasteiger partial charge in [-0.3, -0.25) is 4.79 Å². The molecule has 0 bridgehead atoms. The first-order chi connectivity index (χ1) is 7.72. The van der Waals surface area contributed by atoms with Crippen LogP contribution in [0.2, 0.25) is 0 Å². The molecule has 1 aromatic heterocycles. The van der Waals surface area contributed by atoms with Gasteiger partial charge in [-0.2, -0.15) is 0 Å². The van der Waals surface area contributed by atoms with Crippen molar-refractivity contribution in [3.63, 3.8) is 0 Å². The highest BCUT2D eigenvalue weighted by Crippen LogP contribution is 2.15. The van der Waals surface area contributed by atoms with Crippen molar-refractivity contribution in [3.05, 3.63) is 18.0 Å². The largest absolute Gasteiger partial charge is 0.394 e. The fraction of sp³-hybridized carbons (Fsp3) is 0.600. The van der Waals surface area contributed by atoms with Gasteiger partial charge in [0.2, 0.25) is 5.76 Å². The predicted molar refractivity (Wildman–Crippen MR) is 53.8 cm³/mol. The van der Waals surface area contributed by atoms with E-state index < -0.39 is 0 Å². The molecule has 2 atom stereocenters. The minimum absolute atomic E-state index is 0.0274. The molecule has 1 aliphatic heterocycles. The molecule has 2 unspecified atom stereocenters. The van der Waals surface area contributed by atoms with Gasteiger partial charge in [-0.05, 0) is 6.92 Å². The Morgan fingerprint density at radius 3 is 3.19 bits per heavy atom. The molecular weight excluding hydrogens is 212 g/mol. The van der Waals surface area contributed by atoms with Crippen molar-refractivity contribution in [2.45, 2.75) is 19.1 Å². The Hall–Kier alpha value is -1.40. The van der Waals surface area contributed by atoms with Gasteiger partial charge < -0.3 is 19.3 Å². The Kier molecular flexibility index (Phi) is 3.21. The molecule has 0 aliphatic carbocycles. The summed E-state index contributed by atoms with van der Waals surface area (Å²) in [7, 11) is 0. The summed E-state index contributed by atoms with van der Waals surface area (Å²) in [5, 5.41) is 12.5. The maximum absolute atomic E-state index is 12.0. The fourth-order valence-corrected chi connectivity index (χ4v) is 1.68. The maximum atomic E-state index is 12.0. The zero-order valence-corrected chi connectivity index (χ0v) is 9.00. The Morgan fingerprint density at radius 2 is 2.56 bits per heavy atom. The number of aliphatic hydroxyl groups excluding tert-OH is 1. The number of ether oxygens (including phenoxy) is 1. The predicted octanol–water partition coefficient (Wildman–Crippen LogP) is -0.104. The number of aromatic nitrogens is 1. The van der Waals surface area contributed by atoms with E-state index in [9.17, 15) is 4.79 Å². The van der Waals surface area contributed by atoms with Crippen molar-refractivity contribution in [2.24, 2.45) is 0 Å². The van der Waals surface area contributed by atoms with Crippen molar-refractivity contribution >= 4 is 5.91 Å². The average molecular weight is 226 g/mol. The molecule has 2 rings (SSSR count). The molecule has 0 spiro atoms. The van der Waals surface area contributed by atoms with Crippen LogP contribution in [-0.4, -0.2) is 53.0 Å². The average Bonchev–Trinajstić information content (AvgIpc) is 2.82. The number of aliphatic hydroxyl groups is 1. The van der Waals surface area contributed by atoms with Gasteiger partial charge in [0.1, 0.15) is 0 Å². The number of hydrogen-bond donors (Lipinski definition) is 1. The quantitative estimate of drug-likeness (QED) is 0.761. The summed E-state index contributed by atoms with van der Waals surface area (Å²) in [6.07, 6.45) is 1.12. The summed E-state index contributed by atoms with van der Waals surface area (Å²) in [5.41, 5.74) is 0. The number of hydrogen-bond acceptors (Lipinski definition) is 5. The molecule has 1 N–H and O–H groups in total. The highest BCUT2D eigenvalue weighted by molar-refractivity contribution is 5.91. The SMILES string of the molecule is CC1COC(CO)CN1C(=O)c1ccno1. The molecule has 2 heterocycles. The van der Waals surface area contributed by atoms with E-state index in [2.05, 4.69) is 5.16 Å². The molecule has 0 radical (unpaired) electrons. The van der Waals surface area contributed by atoms with E-state index >= 15 is 0 Å². The monoisotopic (exact) mass is 226 g/mol. The third-order valence-corrected chi connectivity index (χ3v) is 2.62. The summed E-state index contributed by atoms with van der Waals surface area (Å²) in [6, 6.07) is 1.50. The van der Waals surface area contributed by atoms with Crippen molar-refractivity contribution < 1.29 is 19.2 Å². The van der Waals surface area contributed by atoms with Gasteiger partial charge in [-0.15, -0.1) is 0 Å². The molecule has 1 amide bonds. The summed E-state index contributed by atoms with van der Waals surface area (Å²) in [5.74, 6) is -0.00260. The summed E-state index contributed by atoms with van der Waals surface area (Å²) in [6.45, 7) is 2.59. The molecule has 0 saturated carbocycles. The number of carbonyl (C=O) groups excluding carboxylic acids is 1. The van der Waals surface area contributed by atoms with Crippen LogP contribution in [0.15, 0.2) is 16.8 Å². The van der Waals surface area contributed by atoms with E-state index in [0.29, 0.717) is 13.2 Å². The number of rotatable bonds is 2. The minimum atomic E-state index is -0.317. The van der Waals surface area contributed by atoms with Crippen LogP contribution in [0.5, 0.6) is 0 Å². The summed E-state index contributed by atoms with van der Waals surface area (Å²) in [4.78, 5) is 13.6. The van der Waals surface area contributed by atoms with Gasteiger partial charge in [0.15, 0.2) is 0 Å². The number of carbonyl (C=O) groups is 1. The van der Waals surface area contributed by atoms with Gasteiger partial charge in [-0.25, -0.2) is 0 Å². The van der Waals surface area contributed by atoms with Crippen LogP contribution in [-0.2, 0) is 4.74 Å². The first kappa shape index (κ1) is 11.1. The maximum Gasteiger partial charge on any atom is 0.292 e. The smallest absolute Gasteiger partial charge is 0.292 e. The van der Waals surface area contributed by atoms with E-state index in [1.54, 1.807) is 4.90 Å². The Bertz CT molecular complexity index is 352. The lowest BCUT2D eigenvalue weighted by Crippen LogP contribution is -2.51. The molecular formula is C10H14N2O4. The van der Waals surface area contributed by atoms with Crippen LogP contribution in [0.25, 0.3) is 0 Å². The van der Waals surface area contributed by atoms with Gasteiger partial charge in [0, 0.05) is 12.6 Å². The molecule has 1 fully saturated rings. The van der Waals surface area contributed by atoms with Crippen LogP contribution in [0.4, 0.5) is 0 Å². The number of nitrogens with zero attached hydrogens (tertiary/aromatic N) is 2. The van der Waals surface area contributed by atoms with Gasteiger partial charge in [0.05, 0.1) is 31.6 Å². The fourth-order valence-electron chi connectivity index (χ4n) is 1.68. The standard InChI is InChI=1S/C10H14N2O4/c1-7-6-15-8(5-13)4-12(7)10(14)9-2-3-11-16-9/h2-3,7-8,13H,4-6H2,1H3. The zero-order valence-electron chi connectivity index (χ0n) is 9.00. The first-order valence-electron chi connectivity index (χ1n) is 5.16. The van der Waals surface area contributed by atoms with Crippen molar-refractivity contribution in [2.75, 3.05) is 19.8 Å². The Labute approximate surface area is 92.8 Å². The normalized spacial score (nSPS) is 25.8. The van der Waals surface area contributed by atoms with Crippen LogP contribution < -0.4 is 0 Å². The molecule has 88 valence electrons. The lowest BCUT2D eigenvalue weighted by atomic mass is 10.2. The second-order valence-corrected chi connectivity index (χ2v) is 3.82. The van der Waals surface area contributed by atoms with E-state index in [1.807, 2.05) is 6.92 Å². The lowest BCUT2D eigenvalue weighted by Gasteiger charge is -2.36. The third kappa shape index (κ3) is 2.07. The zero-order chi connectivity index (χ0) is 11.5. The highest BCUT2D eigenvalue weighted by atomic mass is 16.5. The second-order valence-electron chi connectivity index (χ2n) is 3.82. The lowest BCUT2D eigenvalue weighted by molar-refractivity contribution is -0.0675. The molecule has 0 aromatic carbocycles. The van der Waals surface area contributed by atoms with Crippen molar-refractivity contribution in [1.29, 1.82) is 0 Å². The van der Waals surface area contributed by atoms with E-state index in [1.165, 1.54) is 12.3 Å². The van der Waals surface area contributed by atoms with Crippen LogP contribution in [0.3, 0.4) is 0 Å². The van der Waals surface area contributed by atoms with Crippen LogP contribution in [0, 0.1) is 0 Å².